The lowest BCUT2D eigenvalue weighted by atomic mass is 10.0. The molecule has 1 atom stereocenters. The van der Waals surface area contributed by atoms with Gasteiger partial charge in [-0.3, -0.25) is 4.98 Å². The first-order valence-corrected chi connectivity index (χ1v) is 6.01. The molecule has 1 heterocycles. The van der Waals surface area contributed by atoms with Crippen LogP contribution in [-0.2, 0) is 0 Å². The van der Waals surface area contributed by atoms with E-state index in [2.05, 4.69) is 53.5 Å². The maximum absolute atomic E-state index is 4.58. The molecule has 0 aromatic carbocycles. The van der Waals surface area contributed by atoms with E-state index in [1.54, 1.807) is 0 Å². The second-order valence-electron chi connectivity index (χ2n) is 3.40. The predicted molar refractivity (Wildman–Crippen MR) is 65.9 cm³/mol. The zero-order chi connectivity index (χ0) is 10.6. The number of aryl methyl sites for hydroxylation is 1. The molecule has 0 amide bonds. The van der Waals surface area contributed by atoms with Gasteiger partial charge in [-0.15, -0.1) is 0 Å². The van der Waals surface area contributed by atoms with Crippen LogP contribution < -0.4 is 0 Å². The molecule has 1 aromatic heterocycles. The van der Waals surface area contributed by atoms with Crippen molar-refractivity contribution in [1.29, 1.82) is 0 Å². The van der Waals surface area contributed by atoms with Crippen molar-refractivity contribution in [1.82, 2.24) is 4.98 Å². The van der Waals surface area contributed by atoms with Crippen LogP contribution in [0.25, 0.3) is 6.08 Å². The summed E-state index contributed by atoms with van der Waals surface area (Å²) < 4.78 is 0. The Morgan fingerprint density at radius 1 is 1.57 bits per heavy atom. The van der Waals surface area contributed by atoms with Crippen molar-refractivity contribution in [3.05, 3.63) is 35.7 Å². The van der Waals surface area contributed by atoms with E-state index in [-0.39, 0.29) is 0 Å². The van der Waals surface area contributed by atoms with Gasteiger partial charge in [-0.1, -0.05) is 35.5 Å². The van der Waals surface area contributed by atoms with Gasteiger partial charge in [-0.25, -0.2) is 0 Å². The molecule has 0 spiro atoms. The molecule has 0 aliphatic heterocycles. The number of aromatic nitrogens is 1. The molecule has 0 fully saturated rings. The molecule has 0 aliphatic carbocycles. The van der Waals surface area contributed by atoms with E-state index in [9.17, 15) is 0 Å². The Hall–Kier alpha value is -0.630. The van der Waals surface area contributed by atoms with Gasteiger partial charge in [0.05, 0.1) is 5.69 Å². The summed E-state index contributed by atoms with van der Waals surface area (Å²) in [6, 6.07) is 4.22. The Balaban J connectivity index is 3.04. The standard InChI is InChI=1S/C12H16BrN/c1-4-10(8-13)12-7-6-9(3)11(5-2)14-12/h5-7,10H,2,4,8H2,1,3H3. The van der Waals surface area contributed by atoms with Crippen LogP contribution in [0.2, 0.25) is 0 Å². The topological polar surface area (TPSA) is 12.9 Å². The predicted octanol–water partition coefficient (Wildman–Crippen LogP) is 3.92. The summed E-state index contributed by atoms with van der Waals surface area (Å²) in [4.78, 5) is 4.58. The molecule has 0 aliphatic rings. The van der Waals surface area contributed by atoms with Gasteiger partial charge in [0.1, 0.15) is 0 Å². The number of alkyl halides is 1. The molecule has 0 saturated heterocycles. The summed E-state index contributed by atoms with van der Waals surface area (Å²) in [5, 5.41) is 0.968. The number of nitrogens with zero attached hydrogens (tertiary/aromatic N) is 1. The molecule has 1 nitrogen and oxygen atoms in total. The average molecular weight is 254 g/mol. The van der Waals surface area contributed by atoms with Crippen molar-refractivity contribution in [2.45, 2.75) is 26.2 Å². The van der Waals surface area contributed by atoms with Crippen LogP contribution in [0.1, 0.15) is 36.2 Å². The molecule has 76 valence electrons. The summed E-state index contributed by atoms with van der Waals surface area (Å²) in [5.41, 5.74) is 3.35. The van der Waals surface area contributed by atoms with Gasteiger partial charge < -0.3 is 0 Å². The third-order valence-electron chi connectivity index (χ3n) is 2.45. The minimum Gasteiger partial charge on any atom is -0.253 e. The first kappa shape index (κ1) is 11.4. The quantitative estimate of drug-likeness (QED) is 0.742. The highest BCUT2D eigenvalue weighted by molar-refractivity contribution is 9.09. The monoisotopic (exact) mass is 253 g/mol. The van der Waals surface area contributed by atoms with Crippen molar-refractivity contribution >= 4 is 22.0 Å². The Labute approximate surface area is 94.4 Å². The third kappa shape index (κ3) is 2.44. The zero-order valence-electron chi connectivity index (χ0n) is 8.76. The molecule has 0 saturated carbocycles. The van der Waals surface area contributed by atoms with Gasteiger partial charge >= 0.3 is 0 Å². The zero-order valence-corrected chi connectivity index (χ0v) is 10.3. The maximum Gasteiger partial charge on any atom is 0.0656 e. The molecule has 0 N–H and O–H groups in total. The number of hydrogen-bond acceptors (Lipinski definition) is 1. The highest BCUT2D eigenvalue weighted by atomic mass is 79.9. The summed E-state index contributed by atoms with van der Waals surface area (Å²) in [7, 11) is 0. The van der Waals surface area contributed by atoms with E-state index in [0.29, 0.717) is 5.92 Å². The second kappa shape index (κ2) is 5.30. The molecule has 1 rings (SSSR count). The van der Waals surface area contributed by atoms with Crippen LogP contribution >= 0.6 is 15.9 Å². The smallest absolute Gasteiger partial charge is 0.0656 e. The van der Waals surface area contributed by atoms with Gasteiger partial charge in [0, 0.05) is 16.9 Å². The average Bonchev–Trinajstić information content (AvgIpc) is 2.22. The van der Waals surface area contributed by atoms with Crippen molar-refractivity contribution in [3.63, 3.8) is 0 Å². The molecule has 0 bridgehead atoms. The Kier molecular flexibility index (Phi) is 4.33. The van der Waals surface area contributed by atoms with E-state index in [0.717, 1.165) is 23.1 Å². The molecular formula is C12H16BrN. The summed E-state index contributed by atoms with van der Waals surface area (Å²) in [6.07, 6.45) is 2.93. The highest BCUT2D eigenvalue weighted by Crippen LogP contribution is 2.21. The summed E-state index contributed by atoms with van der Waals surface area (Å²) in [6.45, 7) is 8.01. The number of halogens is 1. The Bertz CT molecular complexity index is 316. The van der Waals surface area contributed by atoms with Gasteiger partial charge in [0.15, 0.2) is 0 Å². The Morgan fingerprint density at radius 3 is 2.79 bits per heavy atom. The molecule has 1 aromatic rings. The highest BCUT2D eigenvalue weighted by Gasteiger charge is 2.09. The lowest BCUT2D eigenvalue weighted by molar-refractivity contribution is 0.720. The SMILES string of the molecule is C=Cc1nc(C(CC)CBr)ccc1C. The molecular weight excluding hydrogens is 238 g/mol. The van der Waals surface area contributed by atoms with E-state index in [4.69, 9.17) is 0 Å². The van der Waals surface area contributed by atoms with Crippen LogP contribution in [-0.4, -0.2) is 10.3 Å². The first-order valence-electron chi connectivity index (χ1n) is 4.88. The van der Waals surface area contributed by atoms with E-state index < -0.39 is 0 Å². The number of pyridine rings is 1. The second-order valence-corrected chi connectivity index (χ2v) is 4.05. The Morgan fingerprint density at radius 2 is 2.29 bits per heavy atom. The van der Waals surface area contributed by atoms with Crippen LogP contribution in [0.3, 0.4) is 0 Å². The number of hydrogen-bond donors (Lipinski definition) is 0. The number of rotatable bonds is 4. The first-order chi connectivity index (χ1) is 6.72. The lowest BCUT2D eigenvalue weighted by Crippen LogP contribution is -2.03. The fourth-order valence-corrected chi connectivity index (χ4v) is 2.18. The third-order valence-corrected chi connectivity index (χ3v) is 3.23. The van der Waals surface area contributed by atoms with Gasteiger partial charge in [0.25, 0.3) is 0 Å². The molecule has 0 radical (unpaired) electrons. The fraction of sp³-hybridized carbons (Fsp3) is 0.417. The van der Waals surface area contributed by atoms with Crippen LogP contribution in [0.15, 0.2) is 18.7 Å². The minimum atomic E-state index is 0.509. The molecule has 2 heteroatoms. The van der Waals surface area contributed by atoms with Gasteiger partial charge in [-0.05, 0) is 31.1 Å². The van der Waals surface area contributed by atoms with Crippen LogP contribution in [0, 0.1) is 6.92 Å². The molecule has 1 unspecified atom stereocenters. The summed E-state index contributed by atoms with van der Waals surface area (Å²) in [5.74, 6) is 0.509. The fourth-order valence-electron chi connectivity index (χ4n) is 1.39. The largest absolute Gasteiger partial charge is 0.253 e. The maximum atomic E-state index is 4.58. The van der Waals surface area contributed by atoms with Gasteiger partial charge in [-0.2, -0.15) is 0 Å². The lowest BCUT2D eigenvalue weighted by Gasteiger charge is -2.12. The minimum absolute atomic E-state index is 0.509. The summed E-state index contributed by atoms with van der Waals surface area (Å²) >= 11 is 3.51. The van der Waals surface area contributed by atoms with E-state index in [1.807, 2.05) is 6.08 Å². The van der Waals surface area contributed by atoms with Crippen LogP contribution in [0.5, 0.6) is 0 Å². The van der Waals surface area contributed by atoms with Crippen molar-refractivity contribution < 1.29 is 0 Å². The van der Waals surface area contributed by atoms with E-state index in [1.165, 1.54) is 5.56 Å². The normalized spacial score (nSPS) is 12.5. The van der Waals surface area contributed by atoms with Crippen molar-refractivity contribution in [2.24, 2.45) is 0 Å². The molecule has 14 heavy (non-hydrogen) atoms. The van der Waals surface area contributed by atoms with E-state index >= 15 is 0 Å². The van der Waals surface area contributed by atoms with Crippen molar-refractivity contribution in [3.8, 4) is 0 Å². The van der Waals surface area contributed by atoms with Crippen molar-refractivity contribution in [2.75, 3.05) is 5.33 Å². The van der Waals surface area contributed by atoms with Crippen LogP contribution in [0.4, 0.5) is 0 Å². The van der Waals surface area contributed by atoms with Gasteiger partial charge in [0.2, 0.25) is 0 Å².